The first-order chi connectivity index (χ1) is 12.1. The van der Waals surface area contributed by atoms with E-state index in [1.807, 2.05) is 12.3 Å². The summed E-state index contributed by atoms with van der Waals surface area (Å²) in [5.41, 5.74) is 5.49. The Hall–Kier alpha value is -2.40. The van der Waals surface area contributed by atoms with E-state index < -0.39 is 0 Å². The van der Waals surface area contributed by atoms with Crippen LogP contribution in [-0.2, 0) is 12.8 Å². The summed E-state index contributed by atoms with van der Waals surface area (Å²) in [6.45, 7) is 3.63. The summed E-state index contributed by atoms with van der Waals surface area (Å²) >= 11 is 1.44. The van der Waals surface area contributed by atoms with Gasteiger partial charge in [0.05, 0.1) is 11.3 Å². The van der Waals surface area contributed by atoms with Crippen molar-refractivity contribution >= 4 is 22.4 Å². The number of fused-ring (bicyclic) bond motifs is 1. The molecule has 0 aliphatic heterocycles. The van der Waals surface area contributed by atoms with Gasteiger partial charge in [-0.15, -0.1) is 11.3 Å². The van der Waals surface area contributed by atoms with Crippen molar-refractivity contribution in [3.63, 3.8) is 0 Å². The summed E-state index contributed by atoms with van der Waals surface area (Å²) in [5, 5.41) is 5.47. The summed E-state index contributed by atoms with van der Waals surface area (Å²) in [5.74, 6) is 1.18. The molecule has 1 aliphatic carbocycles. The molecule has 5 heteroatoms. The van der Waals surface area contributed by atoms with E-state index in [0.717, 1.165) is 23.4 Å². The molecule has 0 atom stereocenters. The van der Waals surface area contributed by atoms with Crippen LogP contribution in [0.4, 0.5) is 5.13 Å². The Morgan fingerprint density at radius 2 is 1.96 bits per heavy atom. The van der Waals surface area contributed by atoms with E-state index in [9.17, 15) is 4.79 Å². The molecule has 2 aromatic heterocycles. The van der Waals surface area contributed by atoms with Gasteiger partial charge in [0, 0.05) is 10.9 Å². The quantitative estimate of drug-likeness (QED) is 0.709. The van der Waals surface area contributed by atoms with Crippen LogP contribution in [0.3, 0.4) is 0 Å². The number of benzene rings is 1. The Kier molecular flexibility index (Phi) is 4.17. The number of aromatic nitrogens is 1. The van der Waals surface area contributed by atoms with Gasteiger partial charge >= 0.3 is 0 Å². The van der Waals surface area contributed by atoms with Crippen molar-refractivity contribution in [2.75, 3.05) is 5.32 Å². The molecular formula is C20H20N2O2S. The number of nitrogens with one attached hydrogen (secondary N) is 1. The number of hydrogen-bond donors (Lipinski definition) is 1. The number of amides is 1. The highest BCUT2D eigenvalue weighted by atomic mass is 32.1. The lowest BCUT2D eigenvalue weighted by molar-refractivity contribution is 0.102. The van der Waals surface area contributed by atoms with Gasteiger partial charge in [0.1, 0.15) is 11.5 Å². The Balaban J connectivity index is 1.54. The van der Waals surface area contributed by atoms with Crippen molar-refractivity contribution < 1.29 is 9.21 Å². The van der Waals surface area contributed by atoms with Crippen LogP contribution in [0.15, 0.2) is 34.1 Å². The standard InChI is InChI=1S/C20H20N2O2S/c1-12-9-17(13(2)24-12)19(23)22-20-21-18(11-25-20)16-8-7-14-5-3-4-6-15(14)10-16/h7-11H,3-6H2,1-2H3,(H,21,22,23). The molecule has 1 aliphatic rings. The van der Waals surface area contributed by atoms with Crippen LogP contribution in [0.5, 0.6) is 0 Å². The van der Waals surface area contributed by atoms with Crippen LogP contribution in [0.25, 0.3) is 11.3 Å². The van der Waals surface area contributed by atoms with Gasteiger partial charge in [-0.05, 0) is 62.8 Å². The third-order valence-electron chi connectivity index (χ3n) is 4.65. The van der Waals surface area contributed by atoms with Gasteiger partial charge in [0.25, 0.3) is 5.91 Å². The number of aryl methyl sites for hydroxylation is 4. The smallest absolute Gasteiger partial charge is 0.260 e. The third-order valence-corrected chi connectivity index (χ3v) is 5.41. The molecule has 1 amide bonds. The summed E-state index contributed by atoms with van der Waals surface area (Å²) in [4.78, 5) is 17.0. The Bertz CT molecular complexity index is 939. The minimum atomic E-state index is -0.180. The van der Waals surface area contributed by atoms with E-state index in [0.29, 0.717) is 16.5 Å². The van der Waals surface area contributed by atoms with E-state index in [4.69, 9.17) is 4.42 Å². The van der Waals surface area contributed by atoms with E-state index >= 15 is 0 Å². The summed E-state index contributed by atoms with van der Waals surface area (Å²) in [6.07, 6.45) is 4.87. The molecule has 0 radical (unpaired) electrons. The first kappa shape index (κ1) is 16.1. The van der Waals surface area contributed by atoms with Crippen molar-refractivity contribution in [3.05, 3.63) is 57.9 Å². The second kappa shape index (κ2) is 6.48. The molecule has 1 aromatic carbocycles. The zero-order valence-electron chi connectivity index (χ0n) is 14.4. The SMILES string of the molecule is Cc1cc(C(=O)Nc2nc(-c3ccc4c(c3)CCCC4)cs2)c(C)o1. The predicted octanol–water partition coefficient (Wildman–Crippen LogP) is 5.15. The van der Waals surface area contributed by atoms with E-state index in [1.54, 1.807) is 13.0 Å². The number of hydrogen-bond acceptors (Lipinski definition) is 4. The van der Waals surface area contributed by atoms with Crippen molar-refractivity contribution in [2.45, 2.75) is 39.5 Å². The molecule has 3 aromatic rings. The largest absolute Gasteiger partial charge is 0.466 e. The first-order valence-corrected chi connectivity index (χ1v) is 9.44. The molecule has 0 bridgehead atoms. The van der Waals surface area contributed by atoms with Crippen molar-refractivity contribution in [2.24, 2.45) is 0 Å². The maximum atomic E-state index is 12.4. The van der Waals surface area contributed by atoms with Crippen molar-refractivity contribution in [3.8, 4) is 11.3 Å². The van der Waals surface area contributed by atoms with E-state index in [1.165, 1.54) is 41.7 Å². The number of rotatable bonds is 3. The number of nitrogens with zero attached hydrogens (tertiary/aromatic N) is 1. The average Bonchev–Trinajstić information content (AvgIpc) is 3.20. The van der Waals surface area contributed by atoms with Crippen LogP contribution < -0.4 is 5.32 Å². The maximum Gasteiger partial charge on any atom is 0.260 e. The van der Waals surface area contributed by atoms with Gasteiger partial charge < -0.3 is 4.42 Å². The number of thiazole rings is 1. The molecule has 0 saturated carbocycles. The lowest BCUT2D eigenvalue weighted by Gasteiger charge is -2.16. The van der Waals surface area contributed by atoms with Crippen molar-refractivity contribution in [1.29, 1.82) is 0 Å². The summed E-state index contributed by atoms with van der Waals surface area (Å²) in [6, 6.07) is 8.36. The number of carbonyl (C=O) groups is 1. The fourth-order valence-electron chi connectivity index (χ4n) is 3.38. The molecule has 0 fully saturated rings. The Labute approximate surface area is 150 Å². The molecule has 128 valence electrons. The van der Waals surface area contributed by atoms with Crippen LogP contribution in [0, 0.1) is 13.8 Å². The van der Waals surface area contributed by atoms with Crippen LogP contribution in [-0.4, -0.2) is 10.9 Å². The van der Waals surface area contributed by atoms with Gasteiger partial charge in [-0.1, -0.05) is 12.1 Å². The Morgan fingerprint density at radius 3 is 2.72 bits per heavy atom. The zero-order valence-corrected chi connectivity index (χ0v) is 15.2. The maximum absolute atomic E-state index is 12.4. The average molecular weight is 352 g/mol. The van der Waals surface area contributed by atoms with Gasteiger partial charge in [-0.2, -0.15) is 0 Å². The highest BCUT2D eigenvalue weighted by molar-refractivity contribution is 7.14. The lowest BCUT2D eigenvalue weighted by atomic mass is 9.90. The molecule has 0 spiro atoms. The van der Waals surface area contributed by atoms with Gasteiger partial charge in [-0.25, -0.2) is 4.98 Å². The van der Waals surface area contributed by atoms with Gasteiger partial charge in [-0.3, -0.25) is 10.1 Å². The predicted molar refractivity (Wildman–Crippen MR) is 100 cm³/mol. The molecular weight excluding hydrogens is 332 g/mol. The second-order valence-electron chi connectivity index (χ2n) is 6.51. The van der Waals surface area contributed by atoms with Crippen LogP contribution in [0.1, 0.15) is 45.8 Å². The molecule has 4 nitrogen and oxygen atoms in total. The number of furan rings is 1. The van der Waals surface area contributed by atoms with Gasteiger partial charge in [0.15, 0.2) is 5.13 Å². The third kappa shape index (κ3) is 3.24. The van der Waals surface area contributed by atoms with Crippen LogP contribution in [0.2, 0.25) is 0 Å². The summed E-state index contributed by atoms with van der Waals surface area (Å²) in [7, 11) is 0. The monoisotopic (exact) mass is 352 g/mol. The van der Waals surface area contributed by atoms with Crippen molar-refractivity contribution in [1.82, 2.24) is 4.98 Å². The van der Waals surface area contributed by atoms with Gasteiger partial charge in [0.2, 0.25) is 0 Å². The second-order valence-corrected chi connectivity index (χ2v) is 7.37. The highest BCUT2D eigenvalue weighted by Crippen LogP contribution is 2.30. The van der Waals surface area contributed by atoms with E-state index in [-0.39, 0.29) is 5.91 Å². The fourth-order valence-corrected chi connectivity index (χ4v) is 4.09. The summed E-state index contributed by atoms with van der Waals surface area (Å²) < 4.78 is 5.42. The molecule has 4 rings (SSSR count). The molecule has 0 saturated heterocycles. The molecule has 25 heavy (non-hydrogen) atoms. The highest BCUT2D eigenvalue weighted by Gasteiger charge is 2.16. The topological polar surface area (TPSA) is 55.1 Å². The Morgan fingerprint density at radius 1 is 1.16 bits per heavy atom. The molecule has 0 unspecified atom stereocenters. The fraction of sp³-hybridized carbons (Fsp3) is 0.300. The molecule has 2 heterocycles. The van der Waals surface area contributed by atoms with Crippen LogP contribution >= 0.6 is 11.3 Å². The minimum absolute atomic E-state index is 0.180. The first-order valence-electron chi connectivity index (χ1n) is 8.56. The minimum Gasteiger partial charge on any atom is -0.466 e. The van der Waals surface area contributed by atoms with E-state index in [2.05, 4.69) is 28.5 Å². The molecule has 1 N–H and O–H groups in total. The number of carbonyl (C=O) groups excluding carboxylic acids is 1. The lowest BCUT2D eigenvalue weighted by Crippen LogP contribution is -2.11. The zero-order chi connectivity index (χ0) is 17.4. The number of anilines is 1. The normalized spacial score (nSPS) is 13.5.